The summed E-state index contributed by atoms with van der Waals surface area (Å²) < 4.78 is 0. The molecule has 0 amide bonds. The number of alkyl halides is 1. The van der Waals surface area contributed by atoms with Gasteiger partial charge in [0, 0.05) is 28.6 Å². The number of thioether (sulfide) groups is 1. The van der Waals surface area contributed by atoms with Crippen molar-refractivity contribution in [3.8, 4) is 0 Å². The van der Waals surface area contributed by atoms with Gasteiger partial charge in [0.1, 0.15) is 0 Å². The zero-order valence-electron chi connectivity index (χ0n) is 10.6. The van der Waals surface area contributed by atoms with Crippen LogP contribution >= 0.6 is 23.4 Å². The van der Waals surface area contributed by atoms with Crippen LogP contribution in [0.25, 0.3) is 0 Å². The van der Waals surface area contributed by atoms with Gasteiger partial charge in [0.25, 0.3) is 0 Å². The summed E-state index contributed by atoms with van der Waals surface area (Å²) in [5.74, 6) is 1.51. The largest absolute Gasteiger partial charge is 0.313 e. The first-order chi connectivity index (χ1) is 8.86. The van der Waals surface area contributed by atoms with Crippen LogP contribution in [0.15, 0.2) is 29.2 Å². The van der Waals surface area contributed by atoms with Crippen LogP contribution in [0.3, 0.4) is 0 Å². The second-order valence-electron chi connectivity index (χ2n) is 5.41. The smallest absolute Gasteiger partial charge is 0.0266 e. The lowest BCUT2D eigenvalue weighted by Gasteiger charge is -2.20. The highest BCUT2D eigenvalue weighted by molar-refractivity contribution is 8.00. The molecule has 1 heterocycles. The molecule has 0 radical (unpaired) electrons. The quantitative estimate of drug-likeness (QED) is 0.845. The maximum atomic E-state index is 6.03. The van der Waals surface area contributed by atoms with Gasteiger partial charge >= 0.3 is 0 Å². The minimum absolute atomic E-state index is 0.659. The lowest BCUT2D eigenvalue weighted by molar-refractivity contribution is 0.431. The molecular formula is C15H20ClNS. The van der Waals surface area contributed by atoms with Crippen molar-refractivity contribution in [3.05, 3.63) is 29.8 Å². The first-order valence-electron chi connectivity index (χ1n) is 6.90. The molecule has 1 aliphatic carbocycles. The van der Waals surface area contributed by atoms with E-state index in [2.05, 4.69) is 29.6 Å². The number of benzene rings is 1. The van der Waals surface area contributed by atoms with Gasteiger partial charge in [-0.3, -0.25) is 0 Å². The topological polar surface area (TPSA) is 12.0 Å². The number of nitrogens with one attached hydrogen (secondary N) is 1. The Hall–Kier alpha value is -0.180. The third kappa shape index (κ3) is 2.71. The maximum Gasteiger partial charge on any atom is 0.0266 e. The van der Waals surface area contributed by atoms with E-state index in [1.165, 1.54) is 36.1 Å². The van der Waals surface area contributed by atoms with Crippen molar-refractivity contribution in [2.24, 2.45) is 5.92 Å². The molecular weight excluding hydrogens is 262 g/mol. The molecule has 1 nitrogen and oxygen atoms in total. The number of hydrogen-bond donors (Lipinski definition) is 1. The van der Waals surface area contributed by atoms with Crippen molar-refractivity contribution in [2.75, 3.05) is 12.4 Å². The molecule has 3 atom stereocenters. The van der Waals surface area contributed by atoms with Gasteiger partial charge < -0.3 is 5.32 Å². The zero-order chi connectivity index (χ0) is 12.4. The molecule has 0 spiro atoms. The lowest BCUT2D eigenvalue weighted by atomic mass is 10.1. The van der Waals surface area contributed by atoms with Crippen LogP contribution < -0.4 is 5.32 Å². The summed E-state index contributed by atoms with van der Waals surface area (Å²) in [6.07, 6.45) is 5.17. The zero-order valence-corrected chi connectivity index (χ0v) is 12.1. The third-order valence-electron chi connectivity index (χ3n) is 4.18. The van der Waals surface area contributed by atoms with Gasteiger partial charge in [-0.2, -0.15) is 0 Å². The molecule has 98 valence electrons. The summed E-state index contributed by atoms with van der Waals surface area (Å²) >= 11 is 8.06. The molecule has 18 heavy (non-hydrogen) atoms. The Morgan fingerprint density at radius 2 is 2.17 bits per heavy atom. The number of hydrogen-bond acceptors (Lipinski definition) is 2. The Bertz CT molecular complexity index is 384. The summed E-state index contributed by atoms with van der Waals surface area (Å²) in [6, 6.07) is 9.46. The van der Waals surface area contributed by atoms with E-state index < -0.39 is 0 Å². The summed E-state index contributed by atoms with van der Waals surface area (Å²) in [4.78, 5) is 1.48. The van der Waals surface area contributed by atoms with Crippen molar-refractivity contribution in [1.82, 2.24) is 5.32 Å². The fourth-order valence-corrected chi connectivity index (χ4v) is 4.77. The average molecular weight is 282 g/mol. The van der Waals surface area contributed by atoms with Crippen LogP contribution in [0.5, 0.6) is 0 Å². The van der Waals surface area contributed by atoms with Crippen molar-refractivity contribution >= 4 is 23.4 Å². The van der Waals surface area contributed by atoms with Crippen molar-refractivity contribution in [2.45, 2.75) is 41.9 Å². The monoisotopic (exact) mass is 281 g/mol. The minimum Gasteiger partial charge on any atom is -0.313 e. The first kappa shape index (κ1) is 12.8. The predicted molar refractivity (Wildman–Crippen MR) is 79.6 cm³/mol. The molecule has 1 N–H and O–H groups in total. The van der Waals surface area contributed by atoms with Gasteiger partial charge in [-0.1, -0.05) is 24.6 Å². The molecule has 1 aromatic carbocycles. The molecule has 0 saturated heterocycles. The number of halogens is 1. The Kier molecular flexibility index (Phi) is 4.17. The van der Waals surface area contributed by atoms with Gasteiger partial charge in [0.05, 0.1) is 0 Å². The SMILES string of the molecule is ClCC1CCCC1NCC1Cc2ccccc2S1. The first-order valence-corrected chi connectivity index (χ1v) is 8.32. The fourth-order valence-electron chi connectivity index (χ4n) is 3.14. The van der Waals surface area contributed by atoms with Crippen molar-refractivity contribution in [3.63, 3.8) is 0 Å². The van der Waals surface area contributed by atoms with E-state index in [0.717, 1.165) is 12.4 Å². The standard InChI is InChI=1S/C15H20ClNS/c16-9-12-5-3-6-14(12)17-10-13-8-11-4-1-2-7-15(11)18-13/h1-2,4,7,12-14,17H,3,5-6,8-10H2. The fraction of sp³-hybridized carbons (Fsp3) is 0.600. The van der Waals surface area contributed by atoms with E-state index in [1.807, 2.05) is 11.8 Å². The second-order valence-corrected chi connectivity index (χ2v) is 7.06. The van der Waals surface area contributed by atoms with Crippen LogP contribution in [-0.4, -0.2) is 23.7 Å². The number of fused-ring (bicyclic) bond motifs is 1. The van der Waals surface area contributed by atoms with Gasteiger partial charge in [0.2, 0.25) is 0 Å². The third-order valence-corrected chi connectivity index (χ3v) is 5.89. The molecule has 3 heteroatoms. The molecule has 1 saturated carbocycles. The van der Waals surface area contributed by atoms with E-state index in [9.17, 15) is 0 Å². The van der Waals surface area contributed by atoms with Gasteiger partial charge in [0.15, 0.2) is 0 Å². The average Bonchev–Trinajstić information content (AvgIpc) is 3.01. The summed E-state index contributed by atoms with van der Waals surface area (Å²) in [6.45, 7) is 1.12. The Morgan fingerprint density at radius 3 is 3.00 bits per heavy atom. The van der Waals surface area contributed by atoms with Gasteiger partial charge in [-0.15, -0.1) is 23.4 Å². The van der Waals surface area contributed by atoms with Crippen molar-refractivity contribution < 1.29 is 0 Å². The predicted octanol–water partition coefficient (Wildman–Crippen LogP) is 3.70. The van der Waals surface area contributed by atoms with E-state index in [4.69, 9.17) is 11.6 Å². The minimum atomic E-state index is 0.659. The summed E-state index contributed by atoms with van der Waals surface area (Å²) in [7, 11) is 0. The molecule has 1 aromatic rings. The van der Waals surface area contributed by atoms with Crippen molar-refractivity contribution in [1.29, 1.82) is 0 Å². The van der Waals surface area contributed by atoms with E-state index in [0.29, 0.717) is 17.2 Å². The highest BCUT2D eigenvalue weighted by Gasteiger charge is 2.28. The normalized spacial score (nSPS) is 30.6. The highest BCUT2D eigenvalue weighted by Crippen LogP contribution is 2.36. The molecule has 0 aromatic heterocycles. The molecule has 0 bridgehead atoms. The number of rotatable bonds is 4. The molecule has 1 fully saturated rings. The van der Waals surface area contributed by atoms with Gasteiger partial charge in [-0.05, 0) is 36.8 Å². The van der Waals surface area contributed by atoms with Crippen LogP contribution in [0, 0.1) is 5.92 Å². The van der Waals surface area contributed by atoms with E-state index in [1.54, 1.807) is 0 Å². The Labute approximate surface area is 119 Å². The second kappa shape index (κ2) is 5.85. The summed E-state index contributed by atoms with van der Waals surface area (Å²) in [5, 5.41) is 4.46. The van der Waals surface area contributed by atoms with E-state index in [-0.39, 0.29) is 0 Å². The van der Waals surface area contributed by atoms with Crippen LogP contribution in [0.4, 0.5) is 0 Å². The van der Waals surface area contributed by atoms with E-state index >= 15 is 0 Å². The molecule has 2 aliphatic rings. The van der Waals surface area contributed by atoms with Crippen LogP contribution in [0.2, 0.25) is 0 Å². The Morgan fingerprint density at radius 1 is 1.28 bits per heavy atom. The Balaban J connectivity index is 1.51. The van der Waals surface area contributed by atoms with Crippen LogP contribution in [0.1, 0.15) is 24.8 Å². The molecule has 3 rings (SSSR count). The highest BCUT2D eigenvalue weighted by atomic mass is 35.5. The molecule has 1 aliphatic heterocycles. The van der Waals surface area contributed by atoms with Gasteiger partial charge in [-0.25, -0.2) is 0 Å². The summed E-state index contributed by atoms with van der Waals surface area (Å²) in [5.41, 5.74) is 1.52. The lowest BCUT2D eigenvalue weighted by Crippen LogP contribution is -2.37. The maximum absolute atomic E-state index is 6.03. The molecule has 3 unspecified atom stereocenters. The van der Waals surface area contributed by atoms with Crippen LogP contribution in [-0.2, 0) is 6.42 Å².